The minimum atomic E-state index is -1.02. The molecule has 1 amide bonds. The number of carbonyl (C=O) groups excluding carboxylic acids is 1. The van der Waals surface area contributed by atoms with E-state index in [0.717, 1.165) is 34.0 Å². The number of ether oxygens (including phenoxy) is 2. The van der Waals surface area contributed by atoms with Gasteiger partial charge >= 0.3 is 5.97 Å². The molecule has 2 saturated heterocycles. The Kier molecular flexibility index (Phi) is 8.79. The van der Waals surface area contributed by atoms with Gasteiger partial charge in [0.25, 0.3) is 5.91 Å². The highest BCUT2D eigenvalue weighted by atomic mass is 79.9. The summed E-state index contributed by atoms with van der Waals surface area (Å²) in [6, 6.07) is 7.99. The first-order valence-electron chi connectivity index (χ1n) is 13.2. The summed E-state index contributed by atoms with van der Waals surface area (Å²) in [5.41, 5.74) is 2.35. The highest BCUT2D eigenvalue weighted by Crippen LogP contribution is 2.49. The molecule has 2 fully saturated rings. The lowest BCUT2D eigenvalue weighted by atomic mass is 9.72. The summed E-state index contributed by atoms with van der Waals surface area (Å²) in [7, 11) is 1.58. The maximum absolute atomic E-state index is 14.1. The maximum Gasteiger partial charge on any atom is 0.326 e. The summed E-state index contributed by atoms with van der Waals surface area (Å²) in [4.78, 5) is 33.1. The van der Waals surface area contributed by atoms with Crippen LogP contribution in [0.25, 0.3) is 0 Å². The van der Waals surface area contributed by atoms with Gasteiger partial charge in [0.15, 0.2) is 0 Å². The van der Waals surface area contributed by atoms with Crippen molar-refractivity contribution in [1.82, 2.24) is 15.2 Å². The number of aromatic nitrogens is 1. The maximum atomic E-state index is 14.1. The van der Waals surface area contributed by atoms with Crippen molar-refractivity contribution in [2.24, 2.45) is 11.3 Å². The summed E-state index contributed by atoms with van der Waals surface area (Å²) < 4.78 is 12.2. The van der Waals surface area contributed by atoms with Gasteiger partial charge < -0.3 is 24.8 Å². The van der Waals surface area contributed by atoms with Crippen molar-refractivity contribution in [3.8, 4) is 5.88 Å². The van der Waals surface area contributed by atoms with Crippen LogP contribution < -0.4 is 10.1 Å². The van der Waals surface area contributed by atoms with Crippen molar-refractivity contribution in [3.05, 3.63) is 57.7 Å². The van der Waals surface area contributed by atoms with E-state index in [1.807, 2.05) is 58.0 Å². The van der Waals surface area contributed by atoms with Crippen molar-refractivity contribution >= 4 is 27.8 Å². The van der Waals surface area contributed by atoms with E-state index in [4.69, 9.17) is 9.47 Å². The Bertz CT molecular complexity index is 1160. The minimum Gasteiger partial charge on any atom is -0.481 e. The number of amides is 1. The highest BCUT2D eigenvalue weighted by molar-refractivity contribution is 9.10. The molecule has 1 aromatic carbocycles. The van der Waals surface area contributed by atoms with Gasteiger partial charge in [0.1, 0.15) is 12.1 Å². The molecule has 3 heterocycles. The molecule has 0 aliphatic carbocycles. The van der Waals surface area contributed by atoms with Crippen LogP contribution in [-0.2, 0) is 20.9 Å². The van der Waals surface area contributed by atoms with Gasteiger partial charge in [0.05, 0.1) is 13.2 Å². The van der Waals surface area contributed by atoms with Crippen LogP contribution in [0.4, 0.5) is 0 Å². The number of carboxylic acid groups (broad SMARTS) is 1. The number of nitrogens with one attached hydrogen (secondary N) is 1. The Morgan fingerprint density at radius 1 is 1.26 bits per heavy atom. The molecule has 0 spiro atoms. The van der Waals surface area contributed by atoms with Crippen molar-refractivity contribution in [3.63, 3.8) is 0 Å². The van der Waals surface area contributed by atoms with Gasteiger partial charge in [-0.25, -0.2) is 9.78 Å². The van der Waals surface area contributed by atoms with E-state index in [1.165, 1.54) is 0 Å². The number of nitrogens with zero attached hydrogens (tertiary/aromatic N) is 2. The Morgan fingerprint density at radius 2 is 2.00 bits per heavy atom. The molecule has 206 valence electrons. The topological polar surface area (TPSA) is 101 Å². The monoisotopic (exact) mass is 587 g/mol. The molecule has 4 rings (SSSR count). The third-order valence-corrected chi connectivity index (χ3v) is 8.18. The average molecular weight is 589 g/mol. The Labute approximate surface area is 233 Å². The number of aliphatic carboxylic acids is 1. The fraction of sp³-hybridized carbons (Fsp3) is 0.552. The second-order valence-electron chi connectivity index (χ2n) is 11.3. The van der Waals surface area contributed by atoms with Gasteiger partial charge in [-0.3, -0.25) is 4.79 Å². The predicted molar refractivity (Wildman–Crippen MR) is 148 cm³/mol. The molecule has 0 radical (unpaired) electrons. The number of carbonyl (C=O) groups is 2. The van der Waals surface area contributed by atoms with Crippen molar-refractivity contribution in [1.29, 1.82) is 0 Å². The third kappa shape index (κ3) is 5.75. The van der Waals surface area contributed by atoms with Crippen LogP contribution in [0.1, 0.15) is 62.8 Å². The molecule has 8 nitrogen and oxygen atoms in total. The molecule has 38 heavy (non-hydrogen) atoms. The molecule has 5 atom stereocenters. The zero-order valence-corrected chi connectivity index (χ0v) is 24.3. The van der Waals surface area contributed by atoms with Gasteiger partial charge in [-0.05, 0) is 64.7 Å². The fourth-order valence-corrected chi connectivity index (χ4v) is 6.46. The number of methoxy groups -OCH3 is 1. The third-order valence-electron chi connectivity index (χ3n) is 7.75. The number of rotatable bonds is 7. The van der Waals surface area contributed by atoms with Gasteiger partial charge in [-0.2, -0.15) is 0 Å². The first kappa shape index (κ1) is 28.5. The molecule has 1 aromatic heterocycles. The minimum absolute atomic E-state index is 0.245. The number of hydrogen-bond donors (Lipinski definition) is 2. The van der Waals surface area contributed by atoms with Gasteiger partial charge in [-0.1, -0.05) is 45.0 Å². The summed E-state index contributed by atoms with van der Waals surface area (Å²) in [6.45, 7) is 9.05. The van der Waals surface area contributed by atoms with Crippen molar-refractivity contribution < 1.29 is 24.2 Å². The number of carboxylic acids is 1. The number of hydrogen-bond acceptors (Lipinski definition) is 6. The molecular weight excluding hydrogens is 550 g/mol. The number of likely N-dealkylation sites (tertiary alicyclic amines) is 1. The summed E-state index contributed by atoms with van der Waals surface area (Å²) in [5.74, 6) is -1.13. The predicted octanol–water partition coefficient (Wildman–Crippen LogP) is 4.89. The lowest BCUT2D eigenvalue weighted by molar-refractivity contribution is -0.159. The van der Waals surface area contributed by atoms with Crippen LogP contribution in [0, 0.1) is 18.3 Å². The summed E-state index contributed by atoms with van der Waals surface area (Å²) >= 11 is 3.49. The van der Waals surface area contributed by atoms with Gasteiger partial charge in [-0.15, -0.1) is 0 Å². The second-order valence-corrected chi connectivity index (χ2v) is 12.2. The molecule has 2 aromatic rings. The van der Waals surface area contributed by atoms with Crippen LogP contribution in [0.3, 0.4) is 0 Å². The van der Waals surface area contributed by atoms with E-state index in [9.17, 15) is 14.7 Å². The lowest BCUT2D eigenvalue weighted by Crippen LogP contribution is -2.51. The summed E-state index contributed by atoms with van der Waals surface area (Å²) in [5, 5.41) is 14.3. The van der Waals surface area contributed by atoms with Crippen molar-refractivity contribution in [2.45, 2.75) is 77.7 Å². The molecule has 0 bridgehead atoms. The van der Waals surface area contributed by atoms with Crippen LogP contribution >= 0.6 is 15.9 Å². The molecule has 2 aliphatic rings. The quantitative estimate of drug-likeness (QED) is 0.475. The largest absolute Gasteiger partial charge is 0.481 e. The zero-order valence-electron chi connectivity index (χ0n) is 22.7. The smallest absolute Gasteiger partial charge is 0.326 e. The lowest BCUT2D eigenvalue weighted by Gasteiger charge is -2.36. The Morgan fingerprint density at radius 3 is 2.61 bits per heavy atom. The molecule has 9 heteroatoms. The standard InChI is InChI=1S/C29H38BrN3O5/c1-17-10-6-7-11-20(17)24-23(31-15-18-14-19(30)16-32-26(18)37-5)22(29(2,3)4)25(28(35)36)33(24)27(34)21-12-8-9-13-38-21/h6-7,10-11,14,16,21-25,31H,8-9,12-13,15H2,1-5H3,(H,35,36)/t21-,22-,23-,24-,25-/m0/s1. The van der Waals surface area contributed by atoms with E-state index in [0.29, 0.717) is 25.5 Å². The van der Waals surface area contributed by atoms with Crippen LogP contribution in [0.5, 0.6) is 5.88 Å². The van der Waals surface area contributed by atoms with Crippen LogP contribution in [0.2, 0.25) is 0 Å². The van der Waals surface area contributed by atoms with E-state index in [-0.39, 0.29) is 17.9 Å². The molecule has 0 unspecified atom stereocenters. The highest BCUT2D eigenvalue weighted by Gasteiger charge is 2.58. The van der Waals surface area contributed by atoms with E-state index >= 15 is 0 Å². The number of benzene rings is 1. The number of halogens is 1. The number of pyridine rings is 1. The first-order valence-corrected chi connectivity index (χ1v) is 14.0. The Balaban J connectivity index is 1.84. The van der Waals surface area contributed by atoms with Crippen LogP contribution in [0.15, 0.2) is 41.0 Å². The average Bonchev–Trinajstić information content (AvgIpc) is 3.23. The molecule has 2 N–H and O–H groups in total. The van der Waals surface area contributed by atoms with E-state index in [2.05, 4.69) is 26.2 Å². The zero-order chi connectivity index (χ0) is 27.6. The molecule has 2 aliphatic heterocycles. The van der Waals surface area contributed by atoms with Gasteiger partial charge in [0.2, 0.25) is 5.88 Å². The first-order chi connectivity index (χ1) is 18.0. The van der Waals surface area contributed by atoms with Crippen LogP contribution in [-0.4, -0.2) is 58.8 Å². The fourth-order valence-electron chi connectivity index (χ4n) is 6.08. The SMILES string of the molecule is COc1ncc(Br)cc1CN[C@H]1[C@H](C(C)(C)C)[C@@H](C(=O)O)N(C(=O)[C@@H]2CCCCO2)[C@H]1c1ccccc1C. The van der Waals surface area contributed by atoms with Crippen molar-refractivity contribution in [2.75, 3.05) is 13.7 Å². The van der Waals surface area contributed by atoms with E-state index in [1.54, 1.807) is 18.2 Å². The summed E-state index contributed by atoms with van der Waals surface area (Å²) in [6.07, 6.45) is 3.44. The number of aryl methyl sites for hydroxylation is 1. The van der Waals surface area contributed by atoms with Gasteiger partial charge in [0, 0.05) is 41.3 Å². The molecule has 0 saturated carbocycles. The normalized spacial score (nSPS) is 25.8. The second kappa shape index (κ2) is 11.7. The molecular formula is C29H38BrN3O5. The van der Waals surface area contributed by atoms with E-state index < -0.39 is 29.6 Å². The Hall–Kier alpha value is -2.49.